The second-order valence-electron chi connectivity index (χ2n) is 5.25. The zero-order chi connectivity index (χ0) is 14.5. The lowest BCUT2D eigenvalue weighted by Crippen LogP contribution is -2.20. The van der Waals surface area contributed by atoms with Crippen LogP contribution in [0.3, 0.4) is 0 Å². The minimum absolute atomic E-state index is 0.0287. The van der Waals surface area contributed by atoms with Crippen molar-refractivity contribution in [3.63, 3.8) is 0 Å². The summed E-state index contributed by atoms with van der Waals surface area (Å²) in [5.41, 5.74) is 1.04. The van der Waals surface area contributed by atoms with Gasteiger partial charge in [-0.1, -0.05) is 6.92 Å². The van der Waals surface area contributed by atoms with Gasteiger partial charge in [0.2, 0.25) is 0 Å². The van der Waals surface area contributed by atoms with Crippen LogP contribution in [0.15, 0.2) is 6.07 Å². The molecule has 2 atom stereocenters. The molecule has 0 spiro atoms. The van der Waals surface area contributed by atoms with Crippen molar-refractivity contribution in [2.45, 2.75) is 52.5 Å². The quantitative estimate of drug-likeness (QED) is 0.838. The van der Waals surface area contributed by atoms with Crippen molar-refractivity contribution in [3.8, 4) is 0 Å². The van der Waals surface area contributed by atoms with Gasteiger partial charge in [-0.3, -0.25) is 4.79 Å². The molecular formula is C15H23N3O2. The number of nitrogens with zero attached hydrogens (tertiary/aromatic N) is 2. The third kappa shape index (κ3) is 3.68. The van der Waals surface area contributed by atoms with E-state index in [0.29, 0.717) is 12.6 Å². The summed E-state index contributed by atoms with van der Waals surface area (Å²) < 4.78 is 5.09. The fourth-order valence-corrected chi connectivity index (χ4v) is 2.68. The largest absolute Gasteiger partial charge is 0.466 e. The van der Waals surface area contributed by atoms with Gasteiger partial charge in [-0.25, -0.2) is 9.97 Å². The molecular weight excluding hydrogens is 254 g/mol. The molecule has 5 heteroatoms. The summed E-state index contributed by atoms with van der Waals surface area (Å²) in [6, 6.07) is 2.29. The fraction of sp³-hybridized carbons (Fsp3) is 0.667. The average Bonchev–Trinajstić information content (AvgIpc) is 2.87. The Morgan fingerprint density at radius 2 is 2.20 bits per heavy atom. The maximum atomic E-state index is 11.7. The number of rotatable bonds is 5. The van der Waals surface area contributed by atoms with E-state index in [-0.39, 0.29) is 11.9 Å². The Morgan fingerprint density at radius 3 is 2.90 bits per heavy atom. The number of hydrogen-bond acceptors (Lipinski definition) is 5. The number of esters is 1. The highest BCUT2D eigenvalue weighted by Gasteiger charge is 2.31. The van der Waals surface area contributed by atoms with E-state index in [1.165, 1.54) is 0 Å². The highest BCUT2D eigenvalue weighted by Crippen LogP contribution is 2.28. The lowest BCUT2D eigenvalue weighted by atomic mass is 10.1. The molecule has 1 aromatic rings. The van der Waals surface area contributed by atoms with Crippen LogP contribution in [0.2, 0.25) is 0 Å². The molecule has 0 aliphatic heterocycles. The van der Waals surface area contributed by atoms with E-state index in [4.69, 9.17) is 4.74 Å². The zero-order valence-electron chi connectivity index (χ0n) is 12.5. The van der Waals surface area contributed by atoms with Crippen LogP contribution in [0.5, 0.6) is 0 Å². The third-order valence-electron chi connectivity index (χ3n) is 3.66. The molecule has 1 saturated carbocycles. The Bertz CT molecular complexity index is 476. The Morgan fingerprint density at radius 1 is 1.40 bits per heavy atom. The number of aryl methyl sites for hydroxylation is 2. The summed E-state index contributed by atoms with van der Waals surface area (Å²) in [5, 5.41) is 3.42. The van der Waals surface area contributed by atoms with E-state index in [0.717, 1.165) is 43.0 Å². The van der Waals surface area contributed by atoms with E-state index < -0.39 is 0 Å². The molecule has 20 heavy (non-hydrogen) atoms. The van der Waals surface area contributed by atoms with Gasteiger partial charge in [-0.2, -0.15) is 0 Å². The molecule has 1 heterocycles. The molecule has 0 aromatic carbocycles. The van der Waals surface area contributed by atoms with Crippen LogP contribution in [0.4, 0.5) is 5.82 Å². The zero-order valence-corrected chi connectivity index (χ0v) is 12.5. The second kappa shape index (κ2) is 6.68. The van der Waals surface area contributed by atoms with Crippen molar-refractivity contribution in [1.29, 1.82) is 0 Å². The number of carbonyl (C=O) groups is 1. The number of aromatic nitrogens is 2. The molecule has 0 radical (unpaired) electrons. The molecule has 1 aromatic heterocycles. The maximum absolute atomic E-state index is 11.7. The Labute approximate surface area is 120 Å². The summed E-state index contributed by atoms with van der Waals surface area (Å²) in [5.74, 6) is 1.61. The van der Waals surface area contributed by atoms with Crippen LogP contribution in [-0.4, -0.2) is 28.6 Å². The van der Waals surface area contributed by atoms with E-state index in [1.54, 1.807) is 0 Å². The maximum Gasteiger partial charge on any atom is 0.308 e. The van der Waals surface area contributed by atoms with Crippen LogP contribution in [0.1, 0.15) is 44.6 Å². The predicted octanol–water partition coefficient (Wildman–Crippen LogP) is 2.49. The molecule has 1 aliphatic carbocycles. The summed E-state index contributed by atoms with van der Waals surface area (Å²) in [4.78, 5) is 20.5. The van der Waals surface area contributed by atoms with Gasteiger partial charge in [0.15, 0.2) is 0 Å². The smallest absolute Gasteiger partial charge is 0.308 e. The summed E-state index contributed by atoms with van der Waals surface area (Å²) in [6.45, 7) is 6.29. The third-order valence-corrected chi connectivity index (χ3v) is 3.66. The number of nitrogens with one attached hydrogen (secondary N) is 1. The first-order chi connectivity index (χ1) is 9.62. The molecule has 0 amide bonds. The van der Waals surface area contributed by atoms with Crippen molar-refractivity contribution in [1.82, 2.24) is 9.97 Å². The molecule has 2 rings (SSSR count). The van der Waals surface area contributed by atoms with Crippen LogP contribution < -0.4 is 5.32 Å². The molecule has 0 saturated heterocycles. The summed E-state index contributed by atoms with van der Waals surface area (Å²) in [6.07, 6.45) is 3.59. The highest BCUT2D eigenvalue weighted by molar-refractivity contribution is 5.73. The first-order valence-electron chi connectivity index (χ1n) is 7.40. The van der Waals surface area contributed by atoms with E-state index in [2.05, 4.69) is 22.2 Å². The van der Waals surface area contributed by atoms with Crippen LogP contribution in [-0.2, 0) is 16.0 Å². The minimum atomic E-state index is -0.0649. The van der Waals surface area contributed by atoms with Crippen molar-refractivity contribution < 1.29 is 9.53 Å². The molecule has 0 bridgehead atoms. The van der Waals surface area contributed by atoms with E-state index in [9.17, 15) is 4.79 Å². The fourth-order valence-electron chi connectivity index (χ4n) is 2.68. The number of hydrogen-bond donors (Lipinski definition) is 1. The van der Waals surface area contributed by atoms with Crippen LogP contribution in [0.25, 0.3) is 0 Å². The molecule has 5 nitrogen and oxygen atoms in total. The molecule has 1 N–H and O–H groups in total. The lowest BCUT2D eigenvalue weighted by Gasteiger charge is -2.14. The second-order valence-corrected chi connectivity index (χ2v) is 5.25. The van der Waals surface area contributed by atoms with Crippen molar-refractivity contribution >= 4 is 11.8 Å². The van der Waals surface area contributed by atoms with Gasteiger partial charge in [0.25, 0.3) is 0 Å². The average molecular weight is 277 g/mol. The molecule has 110 valence electrons. The van der Waals surface area contributed by atoms with Gasteiger partial charge in [0.1, 0.15) is 11.6 Å². The van der Waals surface area contributed by atoms with Gasteiger partial charge in [0.05, 0.1) is 12.5 Å². The first kappa shape index (κ1) is 14.8. The monoisotopic (exact) mass is 277 g/mol. The Balaban J connectivity index is 1.95. The topological polar surface area (TPSA) is 64.1 Å². The standard InChI is InChI=1S/C15H23N3O2/c1-4-12-9-14(17-10(3)16-12)18-13-7-6-11(8-13)15(19)20-5-2/h9,11,13H,4-8H2,1-3H3,(H,16,17,18). The SMILES string of the molecule is CCOC(=O)C1CCC(Nc2cc(CC)nc(C)n2)C1. The first-order valence-corrected chi connectivity index (χ1v) is 7.40. The molecule has 1 fully saturated rings. The number of carbonyl (C=O) groups excluding carboxylic acids is 1. The normalized spacial score (nSPS) is 21.8. The van der Waals surface area contributed by atoms with Crippen molar-refractivity contribution in [2.24, 2.45) is 5.92 Å². The van der Waals surface area contributed by atoms with Gasteiger partial charge < -0.3 is 10.1 Å². The number of ether oxygens (including phenoxy) is 1. The van der Waals surface area contributed by atoms with E-state index >= 15 is 0 Å². The highest BCUT2D eigenvalue weighted by atomic mass is 16.5. The van der Waals surface area contributed by atoms with Crippen molar-refractivity contribution in [2.75, 3.05) is 11.9 Å². The van der Waals surface area contributed by atoms with Crippen molar-refractivity contribution in [3.05, 3.63) is 17.6 Å². The van der Waals surface area contributed by atoms with Crippen LogP contribution >= 0.6 is 0 Å². The summed E-state index contributed by atoms with van der Waals surface area (Å²) >= 11 is 0. The predicted molar refractivity (Wildman–Crippen MR) is 77.5 cm³/mol. The van der Waals surface area contributed by atoms with Gasteiger partial charge in [0, 0.05) is 17.8 Å². The molecule has 1 aliphatic rings. The van der Waals surface area contributed by atoms with Gasteiger partial charge in [-0.05, 0) is 39.5 Å². The Hall–Kier alpha value is -1.65. The minimum Gasteiger partial charge on any atom is -0.466 e. The summed E-state index contributed by atoms with van der Waals surface area (Å²) in [7, 11) is 0. The van der Waals surface area contributed by atoms with Gasteiger partial charge >= 0.3 is 5.97 Å². The lowest BCUT2D eigenvalue weighted by molar-refractivity contribution is -0.147. The molecule has 2 unspecified atom stereocenters. The van der Waals surface area contributed by atoms with Crippen LogP contribution in [0, 0.1) is 12.8 Å². The van der Waals surface area contributed by atoms with E-state index in [1.807, 2.05) is 19.9 Å². The number of anilines is 1. The van der Waals surface area contributed by atoms with Gasteiger partial charge in [-0.15, -0.1) is 0 Å². The Kier molecular flexibility index (Phi) is 4.93.